The molecule has 11 nitrogen and oxygen atoms in total. The van der Waals surface area contributed by atoms with E-state index in [-0.39, 0.29) is 5.76 Å². The molecule has 2 heterocycles. The standard InChI is InChI=1S/C14H20N2O9/c1-16-8(18)3-7(23-2)14(5-15,13(16)22)25-12-11(21)10(20)9(19)6(4-17)24-12/h3,6,9-13,17,19-22H,4H2,1-2H3/t6-,9-,10+,11-,12+,13-,14-/m1/s1. The number of aliphatic hydroxyl groups excluding tert-OH is 5. The third-order valence-corrected chi connectivity index (χ3v) is 4.24. The van der Waals surface area contributed by atoms with Gasteiger partial charge in [-0.25, -0.2) is 0 Å². The minimum atomic E-state index is -2.26. The second-order valence-electron chi connectivity index (χ2n) is 5.70. The van der Waals surface area contributed by atoms with Gasteiger partial charge >= 0.3 is 0 Å². The second-order valence-corrected chi connectivity index (χ2v) is 5.70. The van der Waals surface area contributed by atoms with E-state index in [2.05, 4.69) is 0 Å². The zero-order chi connectivity index (χ0) is 18.9. The minimum Gasteiger partial charge on any atom is -0.496 e. The first kappa shape index (κ1) is 19.5. The van der Waals surface area contributed by atoms with Crippen molar-refractivity contribution in [2.24, 2.45) is 0 Å². The number of carbonyl (C=O) groups is 1. The summed E-state index contributed by atoms with van der Waals surface area (Å²) in [4.78, 5) is 12.6. The van der Waals surface area contributed by atoms with Gasteiger partial charge in [0, 0.05) is 13.1 Å². The molecule has 140 valence electrons. The number of rotatable bonds is 4. The Balaban J connectivity index is 2.38. The molecule has 5 N–H and O–H groups in total. The lowest BCUT2D eigenvalue weighted by molar-refractivity contribution is -0.331. The molecule has 0 saturated carbocycles. The fourth-order valence-electron chi connectivity index (χ4n) is 2.66. The maximum absolute atomic E-state index is 11.8. The molecule has 11 heteroatoms. The molecule has 0 bridgehead atoms. The third-order valence-electron chi connectivity index (χ3n) is 4.24. The van der Waals surface area contributed by atoms with Gasteiger partial charge in [0.2, 0.25) is 0 Å². The van der Waals surface area contributed by atoms with Crippen LogP contribution >= 0.6 is 0 Å². The monoisotopic (exact) mass is 360 g/mol. The van der Waals surface area contributed by atoms with Gasteiger partial charge in [-0.1, -0.05) is 0 Å². The topological polar surface area (TPSA) is 173 Å². The van der Waals surface area contributed by atoms with E-state index in [1.807, 2.05) is 0 Å². The van der Waals surface area contributed by atoms with E-state index in [0.29, 0.717) is 0 Å². The van der Waals surface area contributed by atoms with Gasteiger partial charge in [-0.15, -0.1) is 0 Å². The number of aliphatic hydroxyl groups is 5. The number of ether oxygens (including phenoxy) is 3. The number of hydrogen-bond acceptors (Lipinski definition) is 10. The number of hydrogen-bond donors (Lipinski definition) is 5. The summed E-state index contributed by atoms with van der Waals surface area (Å²) in [6.45, 7) is -0.696. The lowest BCUT2D eigenvalue weighted by atomic mass is 9.94. The molecule has 7 atom stereocenters. The first-order valence-corrected chi connectivity index (χ1v) is 7.34. The average molecular weight is 360 g/mol. The Morgan fingerprint density at radius 3 is 2.48 bits per heavy atom. The quantitative estimate of drug-likeness (QED) is 0.337. The maximum Gasteiger partial charge on any atom is 0.258 e. The molecule has 0 spiro atoms. The van der Waals surface area contributed by atoms with Crippen LogP contribution in [0.15, 0.2) is 11.8 Å². The van der Waals surface area contributed by atoms with Crippen molar-refractivity contribution >= 4 is 5.91 Å². The van der Waals surface area contributed by atoms with E-state index in [9.17, 15) is 35.6 Å². The minimum absolute atomic E-state index is 0.331. The predicted molar refractivity (Wildman–Crippen MR) is 77.1 cm³/mol. The summed E-state index contributed by atoms with van der Waals surface area (Å²) >= 11 is 0. The van der Waals surface area contributed by atoms with Crippen molar-refractivity contribution in [3.05, 3.63) is 11.8 Å². The number of carbonyl (C=O) groups excluding carboxylic acids is 1. The normalized spacial score (nSPS) is 41.9. The summed E-state index contributed by atoms with van der Waals surface area (Å²) in [5, 5.41) is 58.8. The van der Waals surface area contributed by atoms with E-state index in [4.69, 9.17) is 14.2 Å². The Morgan fingerprint density at radius 1 is 1.32 bits per heavy atom. The van der Waals surface area contributed by atoms with E-state index >= 15 is 0 Å². The Labute approximate surface area is 142 Å². The molecule has 2 aliphatic heterocycles. The molecule has 0 aromatic heterocycles. The van der Waals surface area contributed by atoms with Crippen LogP contribution in [-0.2, 0) is 19.0 Å². The van der Waals surface area contributed by atoms with Crippen molar-refractivity contribution in [1.29, 1.82) is 5.26 Å². The Morgan fingerprint density at radius 2 is 1.96 bits per heavy atom. The highest BCUT2D eigenvalue weighted by Crippen LogP contribution is 2.35. The molecule has 0 aromatic carbocycles. The largest absolute Gasteiger partial charge is 0.496 e. The van der Waals surface area contributed by atoms with Crippen LogP contribution in [0.1, 0.15) is 0 Å². The zero-order valence-corrected chi connectivity index (χ0v) is 13.5. The van der Waals surface area contributed by atoms with Gasteiger partial charge in [-0.05, 0) is 0 Å². The maximum atomic E-state index is 11.8. The lowest BCUT2D eigenvalue weighted by Gasteiger charge is -2.45. The van der Waals surface area contributed by atoms with E-state index in [0.717, 1.165) is 18.1 Å². The number of methoxy groups -OCH3 is 1. The lowest BCUT2D eigenvalue weighted by Crippen LogP contribution is -2.65. The van der Waals surface area contributed by atoms with Crippen LogP contribution in [0, 0.1) is 11.3 Å². The van der Waals surface area contributed by atoms with Gasteiger partial charge in [0.05, 0.1) is 13.7 Å². The van der Waals surface area contributed by atoms with Crippen molar-refractivity contribution in [2.45, 2.75) is 42.5 Å². The summed E-state index contributed by atoms with van der Waals surface area (Å²) in [6, 6.07) is 1.69. The highest BCUT2D eigenvalue weighted by atomic mass is 16.7. The van der Waals surface area contributed by atoms with Gasteiger partial charge in [-0.3, -0.25) is 4.79 Å². The third kappa shape index (κ3) is 3.09. The van der Waals surface area contributed by atoms with E-state index < -0.39 is 55.0 Å². The summed E-state index contributed by atoms with van der Waals surface area (Å²) < 4.78 is 15.6. The molecular formula is C14H20N2O9. The van der Waals surface area contributed by atoms with Crippen LogP contribution in [0.3, 0.4) is 0 Å². The molecule has 1 saturated heterocycles. The number of amides is 1. The van der Waals surface area contributed by atoms with Crippen LogP contribution in [0.4, 0.5) is 0 Å². The molecule has 0 unspecified atom stereocenters. The number of nitrogens with zero attached hydrogens (tertiary/aromatic N) is 2. The van der Waals surface area contributed by atoms with Crippen molar-refractivity contribution in [3.8, 4) is 6.07 Å². The number of likely N-dealkylation sites (N-methyl/N-ethyl adjacent to an activating group) is 1. The first-order valence-electron chi connectivity index (χ1n) is 7.34. The SMILES string of the molecule is COC1=CC(=O)N(C)[C@H](O)[C@]1(C#N)O[C@@H]1O[C@H](CO)[C@@H](O)[C@H](O)[C@H]1O. The van der Waals surface area contributed by atoms with Crippen molar-refractivity contribution in [1.82, 2.24) is 4.90 Å². The average Bonchev–Trinajstić information content (AvgIpc) is 2.62. The molecular weight excluding hydrogens is 340 g/mol. The molecule has 2 aliphatic rings. The second kappa shape index (κ2) is 7.22. The van der Waals surface area contributed by atoms with Crippen LogP contribution in [-0.4, -0.2) is 99.6 Å². The summed E-state index contributed by atoms with van der Waals surface area (Å²) in [6.07, 6.45) is -9.00. The van der Waals surface area contributed by atoms with Gasteiger partial charge in [0.25, 0.3) is 11.5 Å². The predicted octanol–water partition coefficient (Wildman–Crippen LogP) is -3.61. The molecule has 25 heavy (non-hydrogen) atoms. The molecule has 0 aliphatic carbocycles. The smallest absolute Gasteiger partial charge is 0.258 e. The molecule has 1 fully saturated rings. The Kier molecular flexibility index (Phi) is 5.65. The van der Waals surface area contributed by atoms with Crippen LogP contribution in [0.25, 0.3) is 0 Å². The van der Waals surface area contributed by atoms with Crippen molar-refractivity contribution in [3.63, 3.8) is 0 Å². The molecule has 0 radical (unpaired) electrons. The molecule has 0 aromatic rings. The summed E-state index contributed by atoms with van der Waals surface area (Å²) in [7, 11) is 2.37. The van der Waals surface area contributed by atoms with Gasteiger partial charge in [0.15, 0.2) is 18.3 Å². The van der Waals surface area contributed by atoms with Crippen LogP contribution in [0.2, 0.25) is 0 Å². The van der Waals surface area contributed by atoms with Gasteiger partial charge < -0.3 is 44.6 Å². The number of nitriles is 1. The fraction of sp³-hybridized carbons (Fsp3) is 0.714. The van der Waals surface area contributed by atoms with Crippen LogP contribution in [0.5, 0.6) is 0 Å². The van der Waals surface area contributed by atoms with E-state index in [1.54, 1.807) is 6.07 Å². The molecule has 1 amide bonds. The highest BCUT2D eigenvalue weighted by Gasteiger charge is 2.56. The van der Waals surface area contributed by atoms with Crippen LogP contribution < -0.4 is 0 Å². The summed E-state index contributed by atoms with van der Waals surface area (Å²) in [5.74, 6) is -0.977. The van der Waals surface area contributed by atoms with Crippen molar-refractivity contribution in [2.75, 3.05) is 20.8 Å². The first-order chi connectivity index (χ1) is 11.7. The van der Waals surface area contributed by atoms with Gasteiger partial charge in [0.1, 0.15) is 30.5 Å². The summed E-state index contributed by atoms with van der Waals surface area (Å²) in [5.41, 5.74) is -2.26. The fourth-order valence-corrected chi connectivity index (χ4v) is 2.66. The van der Waals surface area contributed by atoms with Gasteiger partial charge in [-0.2, -0.15) is 5.26 Å². The van der Waals surface area contributed by atoms with E-state index in [1.165, 1.54) is 7.05 Å². The Bertz CT molecular complexity index is 589. The van der Waals surface area contributed by atoms with Crippen molar-refractivity contribution < 1.29 is 44.5 Å². The highest BCUT2D eigenvalue weighted by molar-refractivity contribution is 5.90. The Hall–Kier alpha value is -1.78. The molecule has 2 rings (SSSR count). The zero-order valence-electron chi connectivity index (χ0n) is 13.5.